The summed E-state index contributed by atoms with van der Waals surface area (Å²) in [5.74, 6) is 0. The van der Waals surface area contributed by atoms with E-state index >= 15 is 0 Å². The second-order valence-electron chi connectivity index (χ2n) is 1.90. The number of ether oxygens (including phenoxy) is 1. The third kappa shape index (κ3) is 17.6. The zero-order valence-electron chi connectivity index (χ0n) is 7.25. The molecule has 3 heteroatoms. The molecule has 0 rings (SSSR count). The predicted molar refractivity (Wildman–Crippen MR) is 46.4 cm³/mol. The molecule has 3 nitrogen and oxygen atoms in total. The SMILES string of the molecule is C=CCC(N)C=O.CCOC. The first kappa shape index (κ1) is 13.0. The average Bonchev–Trinajstić information content (AvgIpc) is 2.05. The summed E-state index contributed by atoms with van der Waals surface area (Å²) in [7, 11) is 1.68. The molecule has 11 heavy (non-hydrogen) atoms. The van der Waals surface area contributed by atoms with Gasteiger partial charge in [0.25, 0.3) is 0 Å². The molecule has 0 amide bonds. The Morgan fingerprint density at radius 1 is 1.73 bits per heavy atom. The van der Waals surface area contributed by atoms with Crippen molar-refractivity contribution in [2.75, 3.05) is 13.7 Å². The Bertz CT molecular complexity index is 92.1. The van der Waals surface area contributed by atoms with Crippen LogP contribution in [0.5, 0.6) is 0 Å². The van der Waals surface area contributed by atoms with Crippen molar-refractivity contribution in [3.63, 3.8) is 0 Å². The monoisotopic (exact) mass is 159 g/mol. The first-order valence-corrected chi connectivity index (χ1v) is 3.53. The van der Waals surface area contributed by atoms with Gasteiger partial charge in [0, 0.05) is 13.7 Å². The van der Waals surface area contributed by atoms with Crippen LogP contribution in [0.2, 0.25) is 0 Å². The van der Waals surface area contributed by atoms with Crippen LogP contribution in [0.15, 0.2) is 12.7 Å². The molecule has 0 saturated carbocycles. The van der Waals surface area contributed by atoms with E-state index in [1.54, 1.807) is 13.2 Å². The molecule has 0 bridgehead atoms. The van der Waals surface area contributed by atoms with Crippen molar-refractivity contribution in [1.82, 2.24) is 0 Å². The highest BCUT2D eigenvalue weighted by Crippen LogP contribution is 1.80. The van der Waals surface area contributed by atoms with Crippen LogP contribution in [0.25, 0.3) is 0 Å². The maximum Gasteiger partial charge on any atom is 0.136 e. The molecule has 66 valence electrons. The van der Waals surface area contributed by atoms with Crippen LogP contribution in [-0.4, -0.2) is 26.0 Å². The van der Waals surface area contributed by atoms with Crippen molar-refractivity contribution >= 4 is 6.29 Å². The Hall–Kier alpha value is -0.670. The van der Waals surface area contributed by atoms with Crippen molar-refractivity contribution in [2.45, 2.75) is 19.4 Å². The lowest BCUT2D eigenvalue weighted by Gasteiger charge is -1.92. The number of carbonyl (C=O) groups is 1. The van der Waals surface area contributed by atoms with Gasteiger partial charge in [0.1, 0.15) is 6.29 Å². The molecule has 1 unspecified atom stereocenters. The van der Waals surface area contributed by atoms with Crippen LogP contribution in [0.4, 0.5) is 0 Å². The van der Waals surface area contributed by atoms with Crippen molar-refractivity contribution in [3.05, 3.63) is 12.7 Å². The molecule has 0 aliphatic heterocycles. The summed E-state index contributed by atoms with van der Waals surface area (Å²) in [6.45, 7) is 6.19. The highest BCUT2D eigenvalue weighted by Gasteiger charge is 1.91. The fraction of sp³-hybridized carbons (Fsp3) is 0.625. The highest BCUT2D eigenvalue weighted by atomic mass is 16.5. The van der Waals surface area contributed by atoms with Crippen molar-refractivity contribution in [3.8, 4) is 0 Å². The van der Waals surface area contributed by atoms with Crippen LogP contribution < -0.4 is 5.73 Å². The lowest BCUT2D eigenvalue weighted by molar-refractivity contribution is -0.108. The van der Waals surface area contributed by atoms with Crippen LogP contribution in [0.1, 0.15) is 13.3 Å². The van der Waals surface area contributed by atoms with Gasteiger partial charge in [0.2, 0.25) is 0 Å². The molecular weight excluding hydrogens is 142 g/mol. The van der Waals surface area contributed by atoms with E-state index in [-0.39, 0.29) is 6.04 Å². The van der Waals surface area contributed by atoms with E-state index in [4.69, 9.17) is 5.73 Å². The Kier molecular flexibility index (Phi) is 14.2. The molecule has 0 aliphatic rings. The molecule has 0 fully saturated rings. The Labute approximate surface area is 68.2 Å². The third-order valence-corrected chi connectivity index (χ3v) is 0.902. The van der Waals surface area contributed by atoms with Crippen LogP contribution in [0, 0.1) is 0 Å². The van der Waals surface area contributed by atoms with Gasteiger partial charge in [-0.1, -0.05) is 6.08 Å². The number of nitrogens with two attached hydrogens (primary N) is 1. The van der Waals surface area contributed by atoms with Gasteiger partial charge in [-0.3, -0.25) is 0 Å². The topological polar surface area (TPSA) is 52.3 Å². The Morgan fingerprint density at radius 2 is 2.18 bits per heavy atom. The van der Waals surface area contributed by atoms with E-state index in [2.05, 4.69) is 11.3 Å². The minimum atomic E-state index is -0.350. The first-order chi connectivity index (χ1) is 5.22. The number of rotatable bonds is 4. The molecule has 0 saturated heterocycles. The van der Waals surface area contributed by atoms with E-state index in [0.717, 1.165) is 6.61 Å². The van der Waals surface area contributed by atoms with E-state index in [1.165, 1.54) is 0 Å². The average molecular weight is 159 g/mol. The molecule has 1 atom stereocenters. The fourth-order valence-electron chi connectivity index (χ4n) is 0.248. The largest absolute Gasteiger partial charge is 0.385 e. The van der Waals surface area contributed by atoms with Crippen molar-refractivity contribution in [2.24, 2.45) is 5.73 Å². The first-order valence-electron chi connectivity index (χ1n) is 3.53. The van der Waals surface area contributed by atoms with Gasteiger partial charge < -0.3 is 15.3 Å². The number of methoxy groups -OCH3 is 1. The third-order valence-electron chi connectivity index (χ3n) is 0.902. The summed E-state index contributed by atoms with van der Waals surface area (Å²) in [5, 5.41) is 0. The van der Waals surface area contributed by atoms with E-state index < -0.39 is 0 Å². The second kappa shape index (κ2) is 12.0. The van der Waals surface area contributed by atoms with Crippen LogP contribution in [0.3, 0.4) is 0 Å². The predicted octanol–water partition coefficient (Wildman–Crippen LogP) is 0.741. The van der Waals surface area contributed by atoms with E-state index in [0.29, 0.717) is 12.7 Å². The Morgan fingerprint density at radius 3 is 2.27 bits per heavy atom. The lowest BCUT2D eigenvalue weighted by Crippen LogP contribution is -2.19. The Balaban J connectivity index is 0. The van der Waals surface area contributed by atoms with Gasteiger partial charge >= 0.3 is 0 Å². The van der Waals surface area contributed by atoms with Gasteiger partial charge in [-0.25, -0.2) is 0 Å². The van der Waals surface area contributed by atoms with Gasteiger partial charge in [0.05, 0.1) is 6.04 Å². The molecular formula is C8H17NO2. The number of carbonyl (C=O) groups excluding carboxylic acids is 1. The quantitative estimate of drug-likeness (QED) is 0.486. The second-order valence-corrected chi connectivity index (χ2v) is 1.90. The molecule has 0 aliphatic carbocycles. The molecule has 0 aromatic heterocycles. The van der Waals surface area contributed by atoms with Gasteiger partial charge in [-0.05, 0) is 13.3 Å². The van der Waals surface area contributed by atoms with E-state index in [9.17, 15) is 4.79 Å². The molecule has 0 aromatic rings. The summed E-state index contributed by atoms with van der Waals surface area (Å²) >= 11 is 0. The molecule has 0 radical (unpaired) electrons. The summed E-state index contributed by atoms with van der Waals surface area (Å²) in [6.07, 6.45) is 2.91. The maximum atomic E-state index is 9.72. The number of aldehydes is 1. The summed E-state index contributed by atoms with van der Waals surface area (Å²) in [6, 6.07) is -0.350. The summed E-state index contributed by atoms with van der Waals surface area (Å²) in [5.41, 5.74) is 5.14. The lowest BCUT2D eigenvalue weighted by atomic mass is 10.2. The highest BCUT2D eigenvalue weighted by molar-refractivity contribution is 5.57. The smallest absolute Gasteiger partial charge is 0.136 e. The van der Waals surface area contributed by atoms with Gasteiger partial charge in [-0.15, -0.1) is 6.58 Å². The van der Waals surface area contributed by atoms with Crippen molar-refractivity contribution in [1.29, 1.82) is 0 Å². The number of hydrogen-bond donors (Lipinski definition) is 1. The fourth-order valence-corrected chi connectivity index (χ4v) is 0.248. The molecule has 2 N–H and O–H groups in total. The zero-order chi connectivity index (χ0) is 9.11. The van der Waals surface area contributed by atoms with Crippen molar-refractivity contribution < 1.29 is 9.53 Å². The van der Waals surface area contributed by atoms with E-state index in [1.807, 2.05) is 6.92 Å². The number of hydrogen-bond acceptors (Lipinski definition) is 3. The summed E-state index contributed by atoms with van der Waals surface area (Å²) in [4.78, 5) is 9.72. The minimum absolute atomic E-state index is 0.350. The minimum Gasteiger partial charge on any atom is -0.385 e. The molecule has 0 aromatic carbocycles. The normalized spacial score (nSPS) is 10.8. The molecule has 0 spiro atoms. The standard InChI is InChI=1S/C5H9NO.C3H8O/c1-2-3-5(6)4-7;1-3-4-2/h2,4-5H,1,3,6H2;3H2,1-2H3. The van der Waals surface area contributed by atoms with Gasteiger partial charge in [0.15, 0.2) is 0 Å². The zero-order valence-corrected chi connectivity index (χ0v) is 7.25. The van der Waals surface area contributed by atoms with Crippen LogP contribution in [-0.2, 0) is 9.53 Å². The summed E-state index contributed by atoms with van der Waals surface area (Å²) < 4.78 is 4.54. The van der Waals surface area contributed by atoms with Gasteiger partial charge in [-0.2, -0.15) is 0 Å². The maximum absolute atomic E-state index is 9.72. The molecule has 0 heterocycles. The van der Waals surface area contributed by atoms with Crippen LogP contribution >= 0.6 is 0 Å².